The van der Waals surface area contributed by atoms with Crippen molar-refractivity contribution in [2.75, 3.05) is 23.3 Å². The van der Waals surface area contributed by atoms with Crippen LogP contribution in [0.4, 0.5) is 17.3 Å². The predicted molar refractivity (Wildman–Crippen MR) is 150 cm³/mol. The van der Waals surface area contributed by atoms with E-state index in [9.17, 15) is 9.59 Å². The monoisotopic (exact) mass is 540 g/mol. The highest BCUT2D eigenvalue weighted by Crippen LogP contribution is 2.27. The van der Waals surface area contributed by atoms with Crippen molar-refractivity contribution >= 4 is 29.5 Å². The quantitative estimate of drug-likeness (QED) is 0.309. The summed E-state index contributed by atoms with van der Waals surface area (Å²) in [6, 6.07) is 11.4. The average Bonchev–Trinajstić information content (AvgIpc) is 3.41. The van der Waals surface area contributed by atoms with E-state index in [2.05, 4.69) is 40.6 Å². The lowest BCUT2D eigenvalue weighted by Gasteiger charge is -2.37. The first-order valence-corrected chi connectivity index (χ1v) is 13.1. The molecule has 0 unspecified atom stereocenters. The number of hydrogen-bond acceptors (Lipinski definition) is 10. The van der Waals surface area contributed by atoms with Gasteiger partial charge in [0.15, 0.2) is 5.82 Å². The number of amides is 1. The van der Waals surface area contributed by atoms with Crippen molar-refractivity contribution in [3.8, 4) is 11.3 Å². The van der Waals surface area contributed by atoms with E-state index in [1.165, 1.54) is 6.33 Å². The molecule has 1 atom stereocenters. The molecule has 4 aromatic rings. The molecule has 0 spiro atoms. The molecule has 2 N–H and O–H groups in total. The summed E-state index contributed by atoms with van der Waals surface area (Å²) in [5.41, 5.74) is 4.31. The molecule has 1 amide bonds. The highest BCUT2D eigenvalue weighted by atomic mass is 16.5. The van der Waals surface area contributed by atoms with Gasteiger partial charge in [-0.25, -0.2) is 15.0 Å². The van der Waals surface area contributed by atoms with Crippen LogP contribution in [0.2, 0.25) is 0 Å². The summed E-state index contributed by atoms with van der Waals surface area (Å²) in [6.45, 7) is 11.2. The molecule has 1 saturated heterocycles. The van der Waals surface area contributed by atoms with Gasteiger partial charge in [-0.3, -0.25) is 4.79 Å². The van der Waals surface area contributed by atoms with Crippen LogP contribution in [0, 0.1) is 12.8 Å². The fourth-order valence-corrected chi connectivity index (χ4v) is 4.45. The van der Waals surface area contributed by atoms with Gasteiger partial charge in [0.1, 0.15) is 24.2 Å². The summed E-state index contributed by atoms with van der Waals surface area (Å²) in [6.07, 6.45) is 4.30. The maximum Gasteiger partial charge on any atom is 0.315 e. The van der Waals surface area contributed by atoms with E-state index in [1.54, 1.807) is 6.20 Å². The third kappa shape index (κ3) is 5.83. The van der Waals surface area contributed by atoms with Crippen molar-refractivity contribution in [2.45, 2.75) is 46.1 Å². The summed E-state index contributed by atoms with van der Waals surface area (Å²) >= 11 is 0. The molecule has 0 bridgehead atoms. The number of aromatic nitrogens is 5. The highest BCUT2D eigenvalue weighted by Gasteiger charge is 2.27. The Hall–Kier alpha value is -4.67. The summed E-state index contributed by atoms with van der Waals surface area (Å²) < 4.78 is 5.17. The number of pyridine rings is 1. The molecule has 1 aliphatic heterocycles. The lowest BCUT2D eigenvalue weighted by Crippen LogP contribution is -2.47. The Bertz CT molecular complexity index is 1520. The van der Waals surface area contributed by atoms with Crippen LogP contribution in [-0.4, -0.2) is 50.4 Å². The summed E-state index contributed by atoms with van der Waals surface area (Å²) in [7, 11) is 0. The van der Waals surface area contributed by atoms with Crippen molar-refractivity contribution in [1.82, 2.24) is 30.4 Å². The Kier molecular flexibility index (Phi) is 7.29. The van der Waals surface area contributed by atoms with Gasteiger partial charge in [-0.1, -0.05) is 38.1 Å². The SMILES string of the molecule is Cc1cc(-c2cc(Nc3ccc(N4CC(C=O)C4)cn3)ncn2)ccc1[C@@H](C)NC(=O)c1nc(C(C)(C)C)no1. The molecule has 11 heteroatoms. The third-order valence-electron chi connectivity index (χ3n) is 6.81. The maximum absolute atomic E-state index is 12.7. The van der Waals surface area contributed by atoms with Crippen LogP contribution in [0.15, 0.2) is 53.4 Å². The van der Waals surface area contributed by atoms with Crippen molar-refractivity contribution in [3.05, 3.63) is 71.8 Å². The summed E-state index contributed by atoms with van der Waals surface area (Å²) in [5.74, 6) is 1.40. The van der Waals surface area contributed by atoms with Crippen molar-refractivity contribution in [3.63, 3.8) is 0 Å². The molecule has 206 valence electrons. The Morgan fingerprint density at radius 3 is 2.55 bits per heavy atom. The molecule has 1 fully saturated rings. The number of anilines is 3. The van der Waals surface area contributed by atoms with Crippen LogP contribution in [-0.2, 0) is 10.2 Å². The third-order valence-corrected chi connectivity index (χ3v) is 6.81. The number of hydrogen-bond donors (Lipinski definition) is 2. The van der Waals surface area contributed by atoms with Gasteiger partial charge in [-0.2, -0.15) is 4.98 Å². The van der Waals surface area contributed by atoms with Gasteiger partial charge in [-0.15, -0.1) is 0 Å². The second kappa shape index (κ2) is 10.8. The first-order valence-electron chi connectivity index (χ1n) is 13.1. The van der Waals surface area contributed by atoms with E-state index in [4.69, 9.17) is 4.52 Å². The number of nitrogens with zero attached hydrogens (tertiary/aromatic N) is 6. The summed E-state index contributed by atoms with van der Waals surface area (Å²) in [5, 5.41) is 10.1. The number of carbonyl (C=O) groups is 2. The highest BCUT2D eigenvalue weighted by molar-refractivity contribution is 5.89. The first kappa shape index (κ1) is 26.9. The Morgan fingerprint density at radius 1 is 1.10 bits per heavy atom. The van der Waals surface area contributed by atoms with Gasteiger partial charge in [0, 0.05) is 36.1 Å². The minimum absolute atomic E-state index is 0.0525. The molecular formula is C29H32N8O3. The minimum Gasteiger partial charge on any atom is -0.369 e. The van der Waals surface area contributed by atoms with Crippen molar-refractivity contribution < 1.29 is 14.1 Å². The molecule has 4 heterocycles. The average molecular weight is 541 g/mol. The number of carbonyl (C=O) groups excluding carboxylic acids is 2. The van der Waals surface area contributed by atoms with Crippen LogP contribution < -0.4 is 15.5 Å². The lowest BCUT2D eigenvalue weighted by atomic mass is 9.96. The van der Waals surface area contributed by atoms with Gasteiger partial charge in [0.2, 0.25) is 0 Å². The lowest BCUT2D eigenvalue weighted by molar-refractivity contribution is -0.111. The predicted octanol–water partition coefficient (Wildman–Crippen LogP) is 4.40. The molecule has 3 aromatic heterocycles. The van der Waals surface area contributed by atoms with E-state index in [0.29, 0.717) is 17.5 Å². The topological polar surface area (TPSA) is 139 Å². The molecule has 0 saturated carbocycles. The van der Waals surface area contributed by atoms with E-state index >= 15 is 0 Å². The zero-order chi connectivity index (χ0) is 28.4. The normalized spacial score (nSPS) is 14.4. The Balaban J connectivity index is 1.24. The van der Waals surface area contributed by atoms with Crippen molar-refractivity contribution in [2.24, 2.45) is 5.92 Å². The second-order valence-corrected chi connectivity index (χ2v) is 11.1. The van der Waals surface area contributed by atoms with E-state index < -0.39 is 5.91 Å². The standard InChI is InChI=1S/C29H32N8O3/c1-17-10-20(6-8-22(17)18(2)33-26(39)27-35-28(36-40-27)29(3,4)5)23-11-25(32-16-31-23)34-24-9-7-21(12-30-24)37-13-19(14-37)15-38/h6-12,15-16,18-19H,13-14H2,1-5H3,(H,33,39)(H,30,31,32,34)/t18-/m1/s1. The van der Waals surface area contributed by atoms with Crippen LogP contribution in [0.25, 0.3) is 11.3 Å². The molecule has 5 rings (SSSR count). The number of aryl methyl sites for hydroxylation is 1. The molecule has 0 radical (unpaired) electrons. The fraction of sp³-hybridized carbons (Fsp3) is 0.345. The van der Waals surface area contributed by atoms with Gasteiger partial charge < -0.3 is 24.9 Å². The number of nitrogens with one attached hydrogen (secondary N) is 2. The number of benzene rings is 1. The first-order chi connectivity index (χ1) is 19.1. The van der Waals surface area contributed by atoms with Crippen LogP contribution in [0.1, 0.15) is 61.4 Å². The second-order valence-electron chi connectivity index (χ2n) is 11.1. The molecule has 11 nitrogen and oxygen atoms in total. The van der Waals surface area contributed by atoms with Crippen molar-refractivity contribution in [1.29, 1.82) is 0 Å². The molecule has 0 aliphatic carbocycles. The Labute approximate surface area is 232 Å². The van der Waals surface area contributed by atoms with Gasteiger partial charge in [0.05, 0.1) is 23.6 Å². The Morgan fingerprint density at radius 2 is 1.90 bits per heavy atom. The minimum atomic E-state index is -0.415. The zero-order valence-corrected chi connectivity index (χ0v) is 23.2. The fourth-order valence-electron chi connectivity index (χ4n) is 4.45. The van der Waals surface area contributed by atoms with Gasteiger partial charge in [-0.05, 0) is 43.2 Å². The van der Waals surface area contributed by atoms with Gasteiger partial charge >= 0.3 is 11.8 Å². The zero-order valence-electron chi connectivity index (χ0n) is 23.2. The van der Waals surface area contributed by atoms with Gasteiger partial charge in [0.25, 0.3) is 0 Å². The summed E-state index contributed by atoms with van der Waals surface area (Å²) in [4.78, 5) is 43.2. The van der Waals surface area contributed by atoms with Crippen LogP contribution in [0.3, 0.4) is 0 Å². The van der Waals surface area contributed by atoms with E-state index in [1.807, 2.05) is 71.0 Å². The maximum atomic E-state index is 12.7. The smallest absolute Gasteiger partial charge is 0.315 e. The molecule has 40 heavy (non-hydrogen) atoms. The molecule has 1 aliphatic rings. The number of aldehydes is 1. The molecular weight excluding hydrogens is 508 g/mol. The number of rotatable bonds is 8. The van der Waals surface area contributed by atoms with Crippen LogP contribution >= 0.6 is 0 Å². The largest absolute Gasteiger partial charge is 0.369 e. The van der Waals surface area contributed by atoms with E-state index in [-0.39, 0.29) is 23.3 Å². The van der Waals surface area contributed by atoms with E-state index in [0.717, 1.165) is 47.4 Å². The van der Waals surface area contributed by atoms with Crippen LogP contribution in [0.5, 0.6) is 0 Å². The molecule has 1 aromatic carbocycles.